The summed E-state index contributed by atoms with van der Waals surface area (Å²) in [5.41, 5.74) is 8.19. The first-order valence-electron chi connectivity index (χ1n) is 5.37. The summed E-state index contributed by atoms with van der Waals surface area (Å²) in [4.78, 5) is 11.1. The number of nitrogens with two attached hydrogens (primary N) is 1. The van der Waals surface area contributed by atoms with Crippen LogP contribution in [0, 0.1) is 0 Å². The predicted molar refractivity (Wildman–Crippen MR) is 60.9 cm³/mol. The van der Waals surface area contributed by atoms with Crippen LogP contribution in [0.3, 0.4) is 0 Å². The molecule has 17 heavy (non-hydrogen) atoms. The lowest BCUT2D eigenvalue weighted by Crippen LogP contribution is -2.22. The molecule has 1 heterocycles. The van der Waals surface area contributed by atoms with Crippen molar-refractivity contribution in [1.29, 1.82) is 0 Å². The summed E-state index contributed by atoms with van der Waals surface area (Å²) in [5, 5.41) is 9.13. The van der Waals surface area contributed by atoms with E-state index in [9.17, 15) is 4.79 Å². The van der Waals surface area contributed by atoms with Gasteiger partial charge in [-0.05, 0) is 23.3 Å². The van der Waals surface area contributed by atoms with Crippen molar-refractivity contribution in [3.05, 3.63) is 28.8 Å². The Labute approximate surface area is 99.1 Å². The number of rotatable bonds is 4. The van der Waals surface area contributed by atoms with E-state index in [0.29, 0.717) is 24.5 Å². The molecule has 1 aliphatic heterocycles. The zero-order valence-corrected chi connectivity index (χ0v) is 9.60. The van der Waals surface area contributed by atoms with Gasteiger partial charge in [0.25, 0.3) is 0 Å². The molecule has 0 spiro atoms. The van der Waals surface area contributed by atoms with Crippen LogP contribution < -0.4 is 10.5 Å². The fraction of sp³-hybridized carbons (Fsp3) is 0.417. The summed E-state index contributed by atoms with van der Waals surface area (Å²) in [6, 6.07) is 3.66. The van der Waals surface area contributed by atoms with E-state index in [-0.39, 0.29) is 6.54 Å². The number of ether oxygens (including phenoxy) is 2. The summed E-state index contributed by atoms with van der Waals surface area (Å²) >= 11 is 0. The van der Waals surface area contributed by atoms with Gasteiger partial charge in [-0.2, -0.15) is 0 Å². The average molecular weight is 237 g/mol. The van der Waals surface area contributed by atoms with E-state index in [0.717, 1.165) is 11.1 Å². The van der Waals surface area contributed by atoms with E-state index in [1.165, 1.54) is 7.11 Å². The Morgan fingerprint density at radius 2 is 2.18 bits per heavy atom. The Morgan fingerprint density at radius 3 is 2.71 bits per heavy atom. The van der Waals surface area contributed by atoms with E-state index < -0.39 is 11.9 Å². The maximum Gasteiger partial charge on any atom is 0.312 e. The molecule has 1 aromatic carbocycles. The molecule has 1 aliphatic rings. The van der Waals surface area contributed by atoms with Crippen LogP contribution in [0.15, 0.2) is 12.1 Å². The molecule has 1 unspecified atom stereocenters. The van der Waals surface area contributed by atoms with Gasteiger partial charge in [-0.1, -0.05) is 0 Å². The van der Waals surface area contributed by atoms with Crippen LogP contribution in [-0.4, -0.2) is 24.7 Å². The monoisotopic (exact) mass is 237 g/mol. The number of carboxylic acid groups (broad SMARTS) is 1. The molecule has 0 saturated heterocycles. The van der Waals surface area contributed by atoms with Gasteiger partial charge in [0.05, 0.1) is 26.2 Å². The minimum atomic E-state index is -0.940. The lowest BCUT2D eigenvalue weighted by molar-refractivity contribution is -0.138. The number of carboxylic acids is 1. The summed E-state index contributed by atoms with van der Waals surface area (Å²) in [6.45, 7) is 1.11. The highest BCUT2D eigenvalue weighted by Gasteiger charge is 2.25. The lowest BCUT2D eigenvalue weighted by atomic mass is 9.94. The number of fused-ring (bicyclic) bond motifs is 1. The van der Waals surface area contributed by atoms with Gasteiger partial charge in [-0.15, -0.1) is 0 Å². The van der Waals surface area contributed by atoms with E-state index in [1.807, 2.05) is 12.1 Å². The molecule has 0 aromatic heterocycles. The molecular weight excluding hydrogens is 222 g/mol. The minimum absolute atomic E-state index is 0.0470. The number of benzene rings is 1. The number of hydrogen-bond acceptors (Lipinski definition) is 4. The zero-order valence-electron chi connectivity index (χ0n) is 9.60. The van der Waals surface area contributed by atoms with Gasteiger partial charge < -0.3 is 20.3 Å². The Morgan fingerprint density at radius 1 is 1.53 bits per heavy atom. The molecule has 3 N–H and O–H groups in total. The molecule has 5 heteroatoms. The molecule has 1 aromatic rings. The normalized spacial score (nSPS) is 15.4. The summed E-state index contributed by atoms with van der Waals surface area (Å²) < 4.78 is 10.5. The van der Waals surface area contributed by atoms with Crippen molar-refractivity contribution in [3.63, 3.8) is 0 Å². The van der Waals surface area contributed by atoms with E-state index >= 15 is 0 Å². The first-order chi connectivity index (χ1) is 8.17. The van der Waals surface area contributed by atoms with E-state index in [4.69, 9.17) is 20.3 Å². The topological polar surface area (TPSA) is 81.8 Å². The first kappa shape index (κ1) is 11.9. The van der Waals surface area contributed by atoms with Crippen LogP contribution in [0.25, 0.3) is 0 Å². The second kappa shape index (κ2) is 4.73. The highest BCUT2D eigenvalue weighted by Crippen LogP contribution is 2.33. The minimum Gasteiger partial charge on any atom is -0.496 e. The number of methoxy groups -OCH3 is 1. The van der Waals surface area contributed by atoms with Crippen molar-refractivity contribution in [1.82, 2.24) is 0 Å². The molecule has 0 aliphatic carbocycles. The maximum absolute atomic E-state index is 11.1. The smallest absolute Gasteiger partial charge is 0.312 e. The molecule has 0 saturated carbocycles. The Bertz CT molecular complexity index is 444. The molecule has 0 radical (unpaired) electrons. The van der Waals surface area contributed by atoms with Gasteiger partial charge in [0.15, 0.2) is 0 Å². The van der Waals surface area contributed by atoms with E-state index in [2.05, 4.69) is 0 Å². The van der Waals surface area contributed by atoms with Gasteiger partial charge in [-0.3, -0.25) is 4.79 Å². The zero-order chi connectivity index (χ0) is 12.4. The fourth-order valence-electron chi connectivity index (χ4n) is 2.04. The second-order valence-corrected chi connectivity index (χ2v) is 3.98. The lowest BCUT2D eigenvalue weighted by Gasteiger charge is -2.15. The molecule has 0 fully saturated rings. The molecule has 0 bridgehead atoms. The Balaban J connectivity index is 2.48. The van der Waals surface area contributed by atoms with Crippen LogP contribution in [0.4, 0.5) is 0 Å². The second-order valence-electron chi connectivity index (χ2n) is 3.98. The van der Waals surface area contributed by atoms with E-state index in [1.54, 1.807) is 0 Å². The third-order valence-corrected chi connectivity index (χ3v) is 2.98. The quantitative estimate of drug-likeness (QED) is 0.811. The van der Waals surface area contributed by atoms with Gasteiger partial charge in [0, 0.05) is 12.1 Å². The first-order valence-corrected chi connectivity index (χ1v) is 5.37. The van der Waals surface area contributed by atoms with Crippen LogP contribution >= 0.6 is 0 Å². The van der Waals surface area contributed by atoms with Crippen LogP contribution in [-0.2, 0) is 22.7 Å². The number of carbonyl (C=O) groups is 1. The summed E-state index contributed by atoms with van der Waals surface area (Å²) in [6.07, 6.45) is 0. The van der Waals surface area contributed by atoms with Crippen molar-refractivity contribution >= 4 is 5.97 Å². The molecule has 92 valence electrons. The SMILES string of the molecule is COc1cc2c(cc1C(CN)C(=O)O)COC2. The molecule has 2 rings (SSSR count). The van der Waals surface area contributed by atoms with Crippen molar-refractivity contribution in [2.24, 2.45) is 5.73 Å². The largest absolute Gasteiger partial charge is 0.496 e. The molecule has 0 amide bonds. The highest BCUT2D eigenvalue weighted by molar-refractivity contribution is 5.77. The average Bonchev–Trinajstić information content (AvgIpc) is 2.75. The van der Waals surface area contributed by atoms with Gasteiger partial charge in [-0.25, -0.2) is 0 Å². The highest BCUT2D eigenvalue weighted by atomic mass is 16.5. The van der Waals surface area contributed by atoms with Crippen LogP contribution in [0.2, 0.25) is 0 Å². The van der Waals surface area contributed by atoms with Gasteiger partial charge in [0.1, 0.15) is 5.75 Å². The molecular formula is C12H15NO4. The third-order valence-electron chi connectivity index (χ3n) is 2.98. The summed E-state index contributed by atoms with van der Waals surface area (Å²) in [7, 11) is 1.52. The van der Waals surface area contributed by atoms with Gasteiger partial charge >= 0.3 is 5.97 Å². The number of hydrogen-bond donors (Lipinski definition) is 2. The molecule has 1 atom stereocenters. The fourth-order valence-corrected chi connectivity index (χ4v) is 2.04. The Hall–Kier alpha value is -1.59. The van der Waals surface area contributed by atoms with Gasteiger partial charge in [0.2, 0.25) is 0 Å². The van der Waals surface area contributed by atoms with Crippen molar-refractivity contribution in [2.75, 3.05) is 13.7 Å². The van der Waals surface area contributed by atoms with Crippen molar-refractivity contribution < 1.29 is 19.4 Å². The van der Waals surface area contributed by atoms with Crippen LogP contribution in [0.5, 0.6) is 5.75 Å². The predicted octanol–water partition coefficient (Wildman–Crippen LogP) is 0.852. The van der Waals surface area contributed by atoms with Crippen molar-refractivity contribution in [3.8, 4) is 5.75 Å². The van der Waals surface area contributed by atoms with Crippen LogP contribution in [0.1, 0.15) is 22.6 Å². The maximum atomic E-state index is 11.1. The van der Waals surface area contributed by atoms with Crippen molar-refractivity contribution in [2.45, 2.75) is 19.1 Å². The molecule has 5 nitrogen and oxygen atoms in total. The standard InChI is InChI=1S/C12H15NO4/c1-16-11-3-8-6-17-5-7(8)2-9(11)10(4-13)12(14)15/h2-3,10H,4-6,13H2,1H3,(H,14,15). The summed E-state index contributed by atoms with van der Waals surface area (Å²) in [5.74, 6) is -1.12. The third kappa shape index (κ3) is 2.11. The number of aliphatic carboxylic acids is 1. The Kier molecular flexibility index (Phi) is 3.31.